The maximum absolute atomic E-state index is 12.9. The summed E-state index contributed by atoms with van der Waals surface area (Å²) in [4.78, 5) is 45.9. The summed E-state index contributed by atoms with van der Waals surface area (Å²) in [5, 5.41) is 45.4. The van der Waals surface area contributed by atoms with Gasteiger partial charge in [-0.2, -0.15) is 0 Å². The minimum Gasteiger partial charge on any atom is -0.504 e. The number of anilines is 2. The Balaban J connectivity index is 1.84. The molecule has 0 saturated carbocycles. The first-order chi connectivity index (χ1) is 16.2. The monoisotopic (exact) mass is 530 g/mol. The first-order valence-electron chi connectivity index (χ1n) is 9.52. The van der Waals surface area contributed by atoms with Gasteiger partial charge >= 0.3 is 0 Å². The number of benzene rings is 2. The van der Waals surface area contributed by atoms with Gasteiger partial charge in [0.25, 0.3) is 23.2 Å². The second-order valence-corrected chi connectivity index (χ2v) is 8.32. The number of phenols is 2. The summed E-state index contributed by atoms with van der Waals surface area (Å²) in [6, 6.07) is 3.98. The Morgan fingerprint density at radius 3 is 1.51 bits per heavy atom. The molecule has 0 aliphatic carbocycles. The van der Waals surface area contributed by atoms with Crippen LogP contribution < -0.4 is 10.6 Å². The Kier molecular flexibility index (Phi) is 7.03. The first kappa shape index (κ1) is 25.9. The maximum atomic E-state index is 12.9. The number of nitro benzene ring substituents is 2. The van der Waals surface area contributed by atoms with Gasteiger partial charge in [0, 0.05) is 12.1 Å². The molecule has 1 fully saturated rings. The molecule has 14 nitrogen and oxygen atoms in total. The van der Waals surface area contributed by atoms with Crippen LogP contribution in [0.2, 0.25) is 10.0 Å². The molecule has 1 aliphatic heterocycles. The summed E-state index contributed by atoms with van der Waals surface area (Å²) in [5.41, 5.74) is -1.78. The normalized spacial score (nSPS) is 18.6. The Bertz CT molecular complexity index is 1160. The Hall–Kier alpha value is -3.72. The van der Waals surface area contributed by atoms with Crippen molar-refractivity contribution >= 4 is 57.8 Å². The van der Waals surface area contributed by atoms with Crippen molar-refractivity contribution in [2.45, 2.75) is 31.8 Å². The van der Waals surface area contributed by atoms with Crippen molar-refractivity contribution in [1.82, 2.24) is 0 Å². The van der Waals surface area contributed by atoms with Crippen LogP contribution in [-0.2, 0) is 19.1 Å². The van der Waals surface area contributed by atoms with Crippen molar-refractivity contribution < 1.29 is 39.1 Å². The molecule has 0 aromatic heterocycles. The van der Waals surface area contributed by atoms with Crippen LogP contribution in [-0.4, -0.2) is 49.9 Å². The number of aromatic hydroxyl groups is 2. The molecule has 2 atom stereocenters. The van der Waals surface area contributed by atoms with Gasteiger partial charge in [0.15, 0.2) is 39.5 Å². The number of ether oxygens (including phenoxy) is 2. The summed E-state index contributed by atoms with van der Waals surface area (Å²) < 4.78 is 11.0. The van der Waals surface area contributed by atoms with Gasteiger partial charge in [-0.1, -0.05) is 23.2 Å². The number of hydrogen-bond acceptors (Lipinski definition) is 10. The number of carbonyl (C=O) groups excluding carboxylic acids is 2. The highest BCUT2D eigenvalue weighted by molar-refractivity contribution is 6.35. The van der Waals surface area contributed by atoms with Crippen LogP contribution in [0.25, 0.3) is 0 Å². The van der Waals surface area contributed by atoms with Crippen LogP contribution in [0.4, 0.5) is 22.7 Å². The Morgan fingerprint density at radius 1 is 0.857 bits per heavy atom. The van der Waals surface area contributed by atoms with E-state index in [0.717, 1.165) is 24.3 Å². The molecule has 2 amide bonds. The van der Waals surface area contributed by atoms with Gasteiger partial charge in [-0.05, 0) is 26.0 Å². The van der Waals surface area contributed by atoms with Crippen LogP contribution in [0.5, 0.6) is 11.5 Å². The van der Waals surface area contributed by atoms with Gasteiger partial charge < -0.3 is 30.3 Å². The summed E-state index contributed by atoms with van der Waals surface area (Å²) in [6.45, 7) is 2.84. The number of amides is 2. The molecule has 4 N–H and O–H groups in total. The fourth-order valence-corrected chi connectivity index (χ4v) is 3.61. The van der Waals surface area contributed by atoms with Crippen molar-refractivity contribution in [1.29, 1.82) is 0 Å². The lowest BCUT2D eigenvalue weighted by Gasteiger charge is -2.17. The molecule has 2 aromatic carbocycles. The Morgan fingerprint density at radius 2 is 1.20 bits per heavy atom. The fourth-order valence-electron chi connectivity index (χ4n) is 3.14. The van der Waals surface area contributed by atoms with E-state index in [0.29, 0.717) is 0 Å². The summed E-state index contributed by atoms with van der Waals surface area (Å²) in [6.07, 6.45) is -3.18. The molecule has 35 heavy (non-hydrogen) atoms. The van der Waals surface area contributed by atoms with Gasteiger partial charge in [-0.25, -0.2) is 0 Å². The highest BCUT2D eigenvalue weighted by atomic mass is 35.5. The minimum absolute atomic E-state index is 0.294. The van der Waals surface area contributed by atoms with E-state index < -0.39 is 72.6 Å². The largest absolute Gasteiger partial charge is 0.504 e. The molecule has 186 valence electrons. The van der Waals surface area contributed by atoms with Crippen molar-refractivity contribution in [2.24, 2.45) is 0 Å². The smallest absolute Gasteiger partial charge is 0.291 e. The topological polar surface area (TPSA) is 203 Å². The van der Waals surface area contributed by atoms with E-state index in [1.165, 1.54) is 13.8 Å². The van der Waals surface area contributed by atoms with E-state index in [9.17, 15) is 40.0 Å². The van der Waals surface area contributed by atoms with E-state index in [1.54, 1.807) is 0 Å². The number of carbonyl (C=O) groups is 2. The highest BCUT2D eigenvalue weighted by Crippen LogP contribution is 2.41. The molecule has 3 rings (SSSR count). The predicted octanol–water partition coefficient (Wildman–Crippen LogP) is 3.32. The molecule has 0 radical (unpaired) electrons. The van der Waals surface area contributed by atoms with Crippen molar-refractivity contribution in [2.75, 3.05) is 10.6 Å². The van der Waals surface area contributed by atoms with Gasteiger partial charge in [0.2, 0.25) is 0 Å². The van der Waals surface area contributed by atoms with Gasteiger partial charge in [0.05, 0.1) is 21.2 Å². The minimum atomic E-state index is -1.59. The van der Waals surface area contributed by atoms with Crippen LogP contribution in [0, 0.1) is 20.2 Å². The molecule has 1 heterocycles. The van der Waals surface area contributed by atoms with Gasteiger partial charge in [0.1, 0.15) is 0 Å². The molecule has 0 spiro atoms. The molecule has 1 saturated heterocycles. The van der Waals surface area contributed by atoms with Crippen LogP contribution in [0.3, 0.4) is 0 Å². The number of hydrogen-bond donors (Lipinski definition) is 4. The van der Waals surface area contributed by atoms with E-state index in [-0.39, 0.29) is 11.4 Å². The fraction of sp³-hybridized carbons (Fsp3) is 0.263. The zero-order chi connectivity index (χ0) is 26.2. The molecule has 0 bridgehead atoms. The lowest BCUT2D eigenvalue weighted by Crippen LogP contribution is -2.43. The number of nitrogens with zero attached hydrogens (tertiary/aromatic N) is 2. The third-order valence-electron chi connectivity index (χ3n) is 4.71. The quantitative estimate of drug-likeness (QED) is 0.243. The van der Waals surface area contributed by atoms with Crippen molar-refractivity contribution in [3.05, 3.63) is 54.5 Å². The van der Waals surface area contributed by atoms with Crippen LogP contribution in [0.1, 0.15) is 13.8 Å². The number of nitrogens with one attached hydrogen (secondary N) is 2. The number of nitro groups is 2. The zero-order valence-electron chi connectivity index (χ0n) is 17.8. The SMILES string of the molecule is CC1(C)O[C@H](C(=O)Nc2ccc([N+](=O)[O-])c(Cl)c2O)[C@@H](C(=O)Nc2ccc([N+](=O)[O-])c(Cl)c2O)O1. The van der Waals surface area contributed by atoms with Gasteiger partial charge in [-0.3, -0.25) is 29.8 Å². The second-order valence-electron chi connectivity index (χ2n) is 7.56. The predicted molar refractivity (Wildman–Crippen MR) is 121 cm³/mol. The van der Waals surface area contributed by atoms with Crippen LogP contribution >= 0.6 is 23.2 Å². The van der Waals surface area contributed by atoms with E-state index in [2.05, 4.69) is 10.6 Å². The summed E-state index contributed by atoms with van der Waals surface area (Å²) in [7, 11) is 0. The number of phenolic OH excluding ortho intramolecular Hbond substituents is 2. The molecule has 1 aliphatic rings. The number of halogens is 2. The summed E-state index contributed by atoms with van der Waals surface area (Å²) >= 11 is 11.5. The zero-order valence-corrected chi connectivity index (χ0v) is 19.3. The standard InChI is InChI=1S/C19H16Cl2N4O10/c1-19(2)34-15(17(28)22-7-3-5-9(24(30)31)11(20)13(7)26)16(35-19)18(29)23-8-4-6-10(25(32)33)12(21)14(8)27/h3-6,15-16,26-27H,1-2H3,(H,22,28)(H,23,29)/t15-,16-/m0/s1. The first-order valence-corrected chi connectivity index (χ1v) is 10.3. The van der Waals surface area contributed by atoms with Crippen molar-refractivity contribution in [3.8, 4) is 11.5 Å². The summed E-state index contributed by atoms with van der Waals surface area (Å²) in [5.74, 6) is -4.92. The van der Waals surface area contributed by atoms with E-state index >= 15 is 0 Å². The highest BCUT2D eigenvalue weighted by Gasteiger charge is 2.49. The van der Waals surface area contributed by atoms with E-state index in [4.69, 9.17) is 32.7 Å². The third kappa shape index (κ3) is 5.19. The maximum Gasteiger partial charge on any atom is 0.291 e. The third-order valence-corrected chi connectivity index (χ3v) is 5.46. The second kappa shape index (κ2) is 9.50. The van der Waals surface area contributed by atoms with Gasteiger partial charge in [-0.15, -0.1) is 0 Å². The molecule has 0 unspecified atom stereocenters. The lowest BCUT2D eigenvalue weighted by atomic mass is 10.1. The molecule has 2 aromatic rings. The van der Waals surface area contributed by atoms with Crippen LogP contribution in [0.15, 0.2) is 24.3 Å². The molecular weight excluding hydrogens is 515 g/mol. The molecule has 16 heteroatoms. The lowest BCUT2D eigenvalue weighted by molar-refractivity contribution is -0.384. The van der Waals surface area contributed by atoms with E-state index in [1.807, 2.05) is 0 Å². The number of rotatable bonds is 6. The molecular formula is C19H16Cl2N4O10. The average Bonchev–Trinajstić information content (AvgIpc) is 3.10. The van der Waals surface area contributed by atoms with Crippen molar-refractivity contribution in [3.63, 3.8) is 0 Å². The Labute approximate surface area is 205 Å². The average molecular weight is 531 g/mol.